The van der Waals surface area contributed by atoms with Crippen molar-refractivity contribution in [1.82, 2.24) is 69.5 Å². The van der Waals surface area contributed by atoms with E-state index >= 15 is 0 Å². The number of halogens is 3. The molecule has 0 bridgehead atoms. The zero-order valence-corrected chi connectivity index (χ0v) is 60.5. The summed E-state index contributed by atoms with van der Waals surface area (Å²) < 4.78 is 14.1. The Bertz CT molecular complexity index is 3940. The minimum Gasteiger partial charge on any atom is -1.00 e. The minimum atomic E-state index is -0.181. The molecule has 3 aliphatic rings. The molecule has 0 atom stereocenters. The number of rotatable bonds is 10. The van der Waals surface area contributed by atoms with E-state index in [1.54, 1.807) is 93.8 Å². The van der Waals surface area contributed by atoms with Gasteiger partial charge in [0.15, 0.2) is 15.4 Å². The number of nitrogens with one attached hydrogen (secondary N) is 1. The first-order chi connectivity index (χ1) is 45.0. The fourth-order valence-electron chi connectivity index (χ4n) is 9.85. The molecule has 3 aliphatic heterocycles. The number of pyridine rings is 3. The van der Waals surface area contributed by atoms with Crippen LogP contribution in [0.25, 0.3) is 20.4 Å². The molecular formula is C63H65Cl3N16Na2O9S2. The predicted octanol–water partition coefficient (Wildman–Crippen LogP) is 5.52. The number of piperidine rings is 3. The first-order valence-electron chi connectivity index (χ1n) is 29.1. The molecular weight excluding hydrogens is 1340 g/mol. The van der Waals surface area contributed by atoms with Crippen LogP contribution in [0.15, 0.2) is 141 Å². The van der Waals surface area contributed by atoms with Crippen LogP contribution in [-0.2, 0) is 24.1 Å². The number of anilines is 3. The molecule has 2 aromatic carbocycles. The standard InChI is InChI=1S/C23H22N6O2S.C16H17ClN4O2.C11H14ClN3O.C7H6N2S.C5H4ClNO.CH2O3.2Na.H/c1-15(30)29-12-8-16(9-13-29)21-22(25-11-10-24-21)31-17-6-7-20(26-14-17)28-23-27-18-4-2-3-5-19(18)32-23;1-11(22)21-8-4-12(5-9-21)15-16(19-7-6-18-15)23-13-2-3-14(17)20-10-13;1-8(16)15-6-2-9(3-7-15)10-11(12)14-5-4-13-10;8-7-9-5-3-1-2-4-6(5)10-7;6-5-2-1-4(8)3-7-5;2-1-4-3;;;/h2-7,10-11,14,16H,8-9,12-13H2,1H3,(H,26,27,28);2-3,6-7,10,12H,4-5,8-9H2,1H3;4-5,9H,2-3,6-7H2,1H3;1-4H,(H2,8,9);1-3,8H;1,3H;;;/q;;;;;;2*+1;-1/p-1. The smallest absolute Gasteiger partial charge is 1.00 e. The molecule has 0 aliphatic carbocycles. The number of para-hydroxylation sites is 2. The third-order valence-electron chi connectivity index (χ3n) is 14.5. The number of likely N-dealkylation sites (tertiary alicyclic amines) is 3. The first kappa shape index (κ1) is 76.6. The van der Waals surface area contributed by atoms with E-state index in [0.29, 0.717) is 55.6 Å². The normalized spacial score (nSPS) is 13.7. The largest absolute Gasteiger partial charge is 1.00 e. The maximum atomic E-state index is 11.6. The van der Waals surface area contributed by atoms with Gasteiger partial charge in [-0.25, -0.2) is 39.9 Å². The maximum Gasteiger partial charge on any atom is 1.00 e. The number of nitrogen functional groups attached to an aromatic ring is 1. The summed E-state index contributed by atoms with van der Waals surface area (Å²) in [5, 5.41) is 23.0. The molecule has 3 amide bonds. The fourth-order valence-corrected chi connectivity index (χ4v) is 11.9. The van der Waals surface area contributed by atoms with E-state index in [1.807, 2.05) is 75.4 Å². The number of benzene rings is 2. The average molecular weight is 1410 g/mol. The molecule has 25 nitrogen and oxygen atoms in total. The van der Waals surface area contributed by atoms with Crippen molar-refractivity contribution in [3.63, 3.8) is 0 Å². The van der Waals surface area contributed by atoms with Crippen LogP contribution in [0.2, 0.25) is 15.5 Å². The summed E-state index contributed by atoms with van der Waals surface area (Å²) in [6, 6.07) is 26.0. The number of nitrogens with two attached hydrogens (primary N) is 1. The zero-order valence-electron chi connectivity index (χ0n) is 53.6. The number of hydrogen-bond acceptors (Lipinski definition) is 24. The van der Waals surface area contributed by atoms with Crippen LogP contribution in [0.3, 0.4) is 0 Å². The first-order valence-corrected chi connectivity index (χ1v) is 31.8. The van der Waals surface area contributed by atoms with Crippen LogP contribution in [0.4, 0.5) is 16.1 Å². The number of fused-ring (bicyclic) bond motifs is 2. The molecule has 3 fully saturated rings. The Kier molecular flexibility index (Phi) is 31.9. The molecule has 0 radical (unpaired) electrons. The van der Waals surface area contributed by atoms with Crippen molar-refractivity contribution >= 4 is 118 Å². The summed E-state index contributed by atoms with van der Waals surface area (Å²) in [5.74, 6) is 4.09. The van der Waals surface area contributed by atoms with Crippen LogP contribution in [0.1, 0.15) is 95.6 Å². The zero-order chi connectivity index (χ0) is 66.1. The van der Waals surface area contributed by atoms with Crippen LogP contribution in [-0.4, -0.2) is 138 Å². The third kappa shape index (κ3) is 24.0. The van der Waals surface area contributed by atoms with Crippen LogP contribution < -0.4 is 84.9 Å². The van der Waals surface area contributed by atoms with Gasteiger partial charge < -0.3 is 51.9 Å². The molecule has 0 unspecified atom stereocenters. The van der Waals surface area contributed by atoms with Gasteiger partial charge in [-0.1, -0.05) is 81.7 Å². The molecule has 0 saturated carbocycles. The summed E-state index contributed by atoms with van der Waals surface area (Å²) in [6.07, 6.45) is 19.6. The topological polar surface area (TPSA) is 329 Å². The molecule has 8 aromatic heterocycles. The van der Waals surface area contributed by atoms with E-state index in [-0.39, 0.29) is 102 Å². The molecule has 13 rings (SSSR count). The predicted molar refractivity (Wildman–Crippen MR) is 354 cm³/mol. The number of hydrogen-bond donors (Lipinski definition) is 3. The molecule has 4 N–H and O–H groups in total. The summed E-state index contributed by atoms with van der Waals surface area (Å²) in [5.41, 5.74) is 9.97. The van der Waals surface area contributed by atoms with Crippen LogP contribution >= 0.6 is 57.5 Å². The monoisotopic (exact) mass is 1400 g/mol. The number of aromatic nitrogens is 11. The fraction of sp³-hybridized carbons (Fsp3) is 0.286. The number of carbonyl (C=O) groups excluding carboxylic acids is 4. The van der Waals surface area contributed by atoms with Gasteiger partial charge in [0.1, 0.15) is 44.8 Å². The number of carbonyl (C=O) groups is 4. The van der Waals surface area contributed by atoms with E-state index in [9.17, 15) is 14.4 Å². The minimum absolute atomic E-state index is 0. The Morgan fingerprint density at radius 2 is 0.968 bits per heavy atom. The van der Waals surface area contributed by atoms with Gasteiger partial charge in [-0.15, -0.1) is 0 Å². The summed E-state index contributed by atoms with van der Waals surface area (Å²) in [6.45, 7) is 9.13. The summed E-state index contributed by atoms with van der Waals surface area (Å²) in [7, 11) is 0. The van der Waals surface area contributed by atoms with E-state index < -0.39 is 0 Å². The number of ether oxygens (including phenoxy) is 2. The van der Waals surface area contributed by atoms with Crippen molar-refractivity contribution < 1.29 is 104 Å². The van der Waals surface area contributed by atoms with Crippen LogP contribution in [0, 0.1) is 0 Å². The van der Waals surface area contributed by atoms with Crippen molar-refractivity contribution in [3.8, 4) is 29.0 Å². The SMILES string of the molecule is CC(=O)N1CCC(c2nccnc2Cl)CC1.CC(=O)N1CCC(c2nccnc2Oc2ccc(Cl)nc2)CC1.CC(=O)N1CCC(c2nccnc2Oc2ccc(Nc3nc4ccccc4s3)nc2)CC1.Nc1nc2ccccc2s1.O=CO[O-].Oc1ccc(Cl)nc1.[H-].[Na+].[Na+]. The number of aromatic hydroxyl groups is 1. The van der Waals surface area contributed by atoms with Crippen LogP contribution in [0.5, 0.6) is 29.0 Å². The molecule has 0 spiro atoms. The van der Waals surface area contributed by atoms with Crippen molar-refractivity contribution in [3.05, 3.63) is 173 Å². The van der Waals surface area contributed by atoms with Crippen molar-refractivity contribution in [2.45, 2.75) is 77.0 Å². The molecule has 3 saturated heterocycles. The van der Waals surface area contributed by atoms with Crippen molar-refractivity contribution in [2.75, 3.05) is 50.3 Å². The second-order valence-corrected chi connectivity index (χ2v) is 23.9. The number of nitrogens with zero attached hydrogens (tertiary/aromatic N) is 14. The van der Waals surface area contributed by atoms with Crippen molar-refractivity contribution in [2.24, 2.45) is 0 Å². The molecule has 486 valence electrons. The molecule has 95 heavy (non-hydrogen) atoms. The third-order valence-corrected chi connectivity index (χ3v) is 17.1. The Morgan fingerprint density at radius 3 is 1.37 bits per heavy atom. The van der Waals surface area contributed by atoms with E-state index in [0.717, 1.165) is 120 Å². The Labute approximate surface area is 616 Å². The van der Waals surface area contributed by atoms with Gasteiger partial charge in [0.05, 0.1) is 44.7 Å². The van der Waals surface area contributed by atoms with Gasteiger partial charge in [0, 0.05) is 115 Å². The number of thiazole rings is 2. The van der Waals surface area contributed by atoms with E-state index in [4.69, 9.17) is 65.2 Å². The second-order valence-electron chi connectivity index (χ2n) is 20.6. The Morgan fingerprint density at radius 1 is 0.558 bits per heavy atom. The molecule has 32 heteroatoms. The van der Waals surface area contributed by atoms with Gasteiger partial charge in [0.2, 0.25) is 29.5 Å². The van der Waals surface area contributed by atoms with Gasteiger partial charge in [0.25, 0.3) is 6.47 Å². The summed E-state index contributed by atoms with van der Waals surface area (Å²) >= 11 is 20.3. The Hall–Kier alpha value is -7.38. The second kappa shape index (κ2) is 39.6. The van der Waals surface area contributed by atoms with Gasteiger partial charge in [-0.3, -0.25) is 34.1 Å². The van der Waals surface area contributed by atoms with E-state index in [2.05, 4.69) is 65.0 Å². The maximum absolute atomic E-state index is 11.6. The average Bonchev–Trinajstić information content (AvgIpc) is 1.04. The van der Waals surface area contributed by atoms with Crippen molar-refractivity contribution in [1.29, 1.82) is 0 Å². The number of amides is 3. The van der Waals surface area contributed by atoms with Gasteiger partial charge >= 0.3 is 59.1 Å². The van der Waals surface area contributed by atoms with Gasteiger partial charge in [-0.05, 0) is 99.2 Å². The molecule has 11 heterocycles. The quantitative estimate of drug-likeness (QED) is 0.0499. The van der Waals surface area contributed by atoms with E-state index in [1.165, 1.54) is 29.7 Å². The van der Waals surface area contributed by atoms with Gasteiger partial charge in [-0.2, -0.15) is 0 Å². The Balaban J connectivity index is 0.000000228. The summed E-state index contributed by atoms with van der Waals surface area (Å²) in [4.78, 5) is 97.8. The molecule has 10 aromatic rings.